The van der Waals surface area contributed by atoms with Crippen molar-refractivity contribution in [1.29, 1.82) is 0 Å². The lowest BCUT2D eigenvalue weighted by Crippen LogP contribution is -2.32. The molecular weight excluding hydrogens is 354 g/mol. The van der Waals surface area contributed by atoms with Crippen molar-refractivity contribution < 1.29 is 14.3 Å². The number of nitrogens with zero attached hydrogens (tertiary/aromatic N) is 5. The number of tetrazole rings is 1. The van der Waals surface area contributed by atoms with E-state index in [9.17, 15) is 4.79 Å². The molecule has 9 heteroatoms. The van der Waals surface area contributed by atoms with E-state index in [4.69, 9.17) is 9.47 Å². The Morgan fingerprint density at radius 3 is 2.92 bits per heavy atom. The van der Waals surface area contributed by atoms with Gasteiger partial charge in [0.05, 0.1) is 25.0 Å². The first-order chi connectivity index (χ1) is 12.7. The molecule has 2 aliphatic rings. The Morgan fingerprint density at radius 2 is 2.12 bits per heavy atom. The van der Waals surface area contributed by atoms with Gasteiger partial charge in [0.2, 0.25) is 11.1 Å². The molecule has 4 rings (SSSR count). The number of rotatable bonds is 4. The minimum atomic E-state index is 0.0814. The summed E-state index contributed by atoms with van der Waals surface area (Å²) in [6.07, 6.45) is 2.84. The van der Waals surface area contributed by atoms with Crippen molar-refractivity contribution in [3.05, 3.63) is 23.8 Å². The van der Waals surface area contributed by atoms with Gasteiger partial charge >= 0.3 is 0 Å². The van der Waals surface area contributed by atoms with Gasteiger partial charge in [0.15, 0.2) is 11.5 Å². The lowest BCUT2D eigenvalue weighted by atomic mass is 10.0. The molecule has 0 unspecified atom stereocenters. The molecule has 0 radical (unpaired) electrons. The monoisotopic (exact) mass is 375 g/mol. The molecule has 26 heavy (non-hydrogen) atoms. The average Bonchev–Trinajstić information content (AvgIpc) is 3.23. The molecular formula is C17H21N5O3S. The SMILES string of the molecule is Cn1nnnc1SCC(=O)N1CCC[C@H]1c1ccc2c(c1)OCCCO2. The smallest absolute Gasteiger partial charge is 0.233 e. The molecule has 2 aliphatic heterocycles. The largest absolute Gasteiger partial charge is 0.490 e. The Labute approximate surface area is 155 Å². The van der Waals surface area contributed by atoms with Crippen LogP contribution >= 0.6 is 11.8 Å². The van der Waals surface area contributed by atoms with Gasteiger partial charge in [0.1, 0.15) is 0 Å². The number of fused-ring (bicyclic) bond motifs is 1. The number of hydrogen-bond donors (Lipinski definition) is 0. The van der Waals surface area contributed by atoms with Gasteiger partial charge in [-0.3, -0.25) is 4.79 Å². The van der Waals surface area contributed by atoms with Crippen molar-refractivity contribution >= 4 is 17.7 Å². The third-order valence-corrected chi connectivity index (χ3v) is 5.63. The van der Waals surface area contributed by atoms with E-state index in [1.807, 2.05) is 23.1 Å². The van der Waals surface area contributed by atoms with Crippen LogP contribution in [0.1, 0.15) is 30.9 Å². The summed E-state index contributed by atoms with van der Waals surface area (Å²) in [6.45, 7) is 2.11. The molecule has 138 valence electrons. The Balaban J connectivity index is 1.47. The van der Waals surface area contributed by atoms with E-state index in [2.05, 4.69) is 15.5 Å². The fourth-order valence-electron chi connectivity index (χ4n) is 3.35. The molecule has 0 spiro atoms. The topological polar surface area (TPSA) is 82.4 Å². The summed E-state index contributed by atoms with van der Waals surface area (Å²) in [5.74, 6) is 1.99. The van der Waals surface area contributed by atoms with Gasteiger partial charge in [-0.1, -0.05) is 17.8 Å². The molecule has 1 saturated heterocycles. The molecule has 2 aromatic rings. The van der Waals surface area contributed by atoms with Crippen LogP contribution in [0.15, 0.2) is 23.4 Å². The van der Waals surface area contributed by atoms with Gasteiger partial charge in [0, 0.05) is 20.0 Å². The van der Waals surface area contributed by atoms with Gasteiger partial charge in [-0.15, -0.1) is 5.10 Å². The summed E-state index contributed by atoms with van der Waals surface area (Å²) >= 11 is 1.36. The Kier molecular flexibility index (Phi) is 4.96. The van der Waals surface area contributed by atoms with E-state index in [-0.39, 0.29) is 11.9 Å². The van der Waals surface area contributed by atoms with Crippen LogP contribution in [0.5, 0.6) is 11.5 Å². The molecule has 0 aliphatic carbocycles. The number of carbonyl (C=O) groups excluding carboxylic acids is 1. The third-order valence-electron chi connectivity index (χ3n) is 4.64. The molecule has 0 N–H and O–H groups in total. The maximum atomic E-state index is 12.8. The number of aromatic nitrogens is 4. The zero-order valence-corrected chi connectivity index (χ0v) is 15.4. The highest BCUT2D eigenvalue weighted by atomic mass is 32.2. The molecule has 0 saturated carbocycles. The predicted molar refractivity (Wildman–Crippen MR) is 95.3 cm³/mol. The molecule has 1 atom stereocenters. The van der Waals surface area contributed by atoms with Crippen LogP contribution < -0.4 is 9.47 Å². The maximum Gasteiger partial charge on any atom is 0.233 e. The van der Waals surface area contributed by atoms with Crippen LogP contribution in [0, 0.1) is 0 Å². The average molecular weight is 375 g/mol. The molecule has 1 amide bonds. The molecule has 1 aromatic carbocycles. The fourth-order valence-corrected chi connectivity index (χ4v) is 4.09. The molecule has 0 bridgehead atoms. The number of ether oxygens (including phenoxy) is 2. The van der Waals surface area contributed by atoms with E-state index < -0.39 is 0 Å². The van der Waals surface area contributed by atoms with E-state index in [0.717, 1.165) is 42.9 Å². The fraction of sp³-hybridized carbons (Fsp3) is 0.529. The summed E-state index contributed by atoms with van der Waals surface area (Å²) in [7, 11) is 1.77. The van der Waals surface area contributed by atoms with Gasteiger partial charge < -0.3 is 14.4 Å². The van der Waals surface area contributed by atoms with Crippen LogP contribution in [-0.2, 0) is 11.8 Å². The van der Waals surface area contributed by atoms with Gasteiger partial charge in [-0.2, -0.15) is 0 Å². The minimum Gasteiger partial charge on any atom is -0.490 e. The molecule has 1 aromatic heterocycles. The van der Waals surface area contributed by atoms with Crippen molar-refractivity contribution in [2.24, 2.45) is 7.05 Å². The first kappa shape index (κ1) is 17.1. The number of carbonyl (C=O) groups is 1. The summed E-state index contributed by atoms with van der Waals surface area (Å²) in [5, 5.41) is 11.9. The van der Waals surface area contributed by atoms with Crippen LogP contribution in [0.3, 0.4) is 0 Å². The van der Waals surface area contributed by atoms with Gasteiger partial charge in [0.25, 0.3) is 0 Å². The van der Waals surface area contributed by atoms with E-state index in [1.165, 1.54) is 11.8 Å². The summed E-state index contributed by atoms with van der Waals surface area (Å²) in [5.41, 5.74) is 1.10. The molecule has 1 fully saturated rings. The standard InChI is InChI=1S/C17H21N5O3S/c1-21-17(18-19-20-21)26-11-16(23)22-7-2-4-13(22)12-5-6-14-15(10-12)25-9-3-8-24-14/h5-6,10,13H,2-4,7-9,11H2,1H3/t13-/m0/s1. The summed E-state index contributed by atoms with van der Waals surface area (Å²) in [6, 6.07) is 6.11. The van der Waals surface area contributed by atoms with Crippen molar-refractivity contribution in [3.63, 3.8) is 0 Å². The highest BCUT2D eigenvalue weighted by molar-refractivity contribution is 7.99. The molecule has 3 heterocycles. The lowest BCUT2D eigenvalue weighted by molar-refractivity contribution is -0.129. The molecule has 8 nitrogen and oxygen atoms in total. The third kappa shape index (κ3) is 3.48. The number of likely N-dealkylation sites (tertiary alicyclic amines) is 1. The van der Waals surface area contributed by atoms with Crippen LogP contribution in [-0.4, -0.2) is 56.5 Å². The predicted octanol–water partition coefficient (Wildman–Crippen LogP) is 1.83. The Hall–Kier alpha value is -2.29. The van der Waals surface area contributed by atoms with Crippen LogP contribution in [0.25, 0.3) is 0 Å². The van der Waals surface area contributed by atoms with E-state index in [1.54, 1.807) is 11.7 Å². The van der Waals surface area contributed by atoms with Crippen molar-refractivity contribution in [2.45, 2.75) is 30.5 Å². The highest BCUT2D eigenvalue weighted by Crippen LogP contribution is 2.38. The zero-order valence-electron chi connectivity index (χ0n) is 14.6. The lowest BCUT2D eigenvalue weighted by Gasteiger charge is -2.25. The number of aryl methyl sites for hydroxylation is 1. The number of hydrogen-bond acceptors (Lipinski definition) is 7. The first-order valence-electron chi connectivity index (χ1n) is 8.76. The number of benzene rings is 1. The summed E-state index contributed by atoms with van der Waals surface area (Å²) in [4.78, 5) is 14.7. The number of thioether (sulfide) groups is 1. The van der Waals surface area contributed by atoms with Crippen molar-refractivity contribution in [3.8, 4) is 11.5 Å². The van der Waals surface area contributed by atoms with Gasteiger partial charge in [-0.25, -0.2) is 4.68 Å². The van der Waals surface area contributed by atoms with Gasteiger partial charge in [-0.05, 0) is 41.0 Å². The second kappa shape index (κ2) is 7.53. The van der Waals surface area contributed by atoms with Crippen LogP contribution in [0.2, 0.25) is 0 Å². The quantitative estimate of drug-likeness (QED) is 0.754. The Bertz CT molecular complexity index is 796. The van der Waals surface area contributed by atoms with E-state index >= 15 is 0 Å². The first-order valence-corrected chi connectivity index (χ1v) is 9.75. The minimum absolute atomic E-state index is 0.0814. The Morgan fingerprint density at radius 1 is 1.27 bits per heavy atom. The second-order valence-corrected chi connectivity index (χ2v) is 7.32. The maximum absolute atomic E-state index is 12.8. The van der Waals surface area contributed by atoms with Crippen molar-refractivity contribution in [1.82, 2.24) is 25.1 Å². The van der Waals surface area contributed by atoms with Crippen LogP contribution in [0.4, 0.5) is 0 Å². The van der Waals surface area contributed by atoms with E-state index in [0.29, 0.717) is 24.1 Å². The second-order valence-electron chi connectivity index (χ2n) is 6.38. The van der Waals surface area contributed by atoms with Crippen molar-refractivity contribution in [2.75, 3.05) is 25.5 Å². The number of amides is 1. The zero-order chi connectivity index (χ0) is 17.9. The highest BCUT2D eigenvalue weighted by Gasteiger charge is 2.30. The summed E-state index contributed by atoms with van der Waals surface area (Å²) < 4.78 is 13.1. The normalized spacial score (nSPS) is 19.4.